The van der Waals surface area contributed by atoms with Crippen molar-refractivity contribution >= 4 is 11.4 Å². The minimum absolute atomic E-state index is 0.0948. The number of ether oxygens (including phenoxy) is 2. The predicted octanol–water partition coefficient (Wildman–Crippen LogP) is 3.15. The van der Waals surface area contributed by atoms with Gasteiger partial charge in [0.05, 0.1) is 24.1 Å². The first-order valence-corrected chi connectivity index (χ1v) is 7.89. The van der Waals surface area contributed by atoms with Crippen LogP contribution in [0.4, 0.5) is 11.4 Å². The van der Waals surface area contributed by atoms with E-state index >= 15 is 0 Å². The molecule has 0 saturated carbocycles. The largest absolute Gasteiger partial charge is 0.378 e. The van der Waals surface area contributed by atoms with E-state index in [-0.39, 0.29) is 16.5 Å². The van der Waals surface area contributed by atoms with E-state index in [9.17, 15) is 10.1 Å². The molecule has 1 atom stereocenters. The highest BCUT2D eigenvalue weighted by Crippen LogP contribution is 2.49. The first-order chi connectivity index (χ1) is 11.6. The minimum Gasteiger partial charge on any atom is -0.378 e. The third-order valence-corrected chi connectivity index (χ3v) is 4.68. The van der Waals surface area contributed by atoms with Crippen molar-refractivity contribution in [1.29, 1.82) is 0 Å². The zero-order chi connectivity index (χ0) is 16.8. The lowest BCUT2D eigenvalue weighted by Crippen LogP contribution is -2.19. The van der Waals surface area contributed by atoms with E-state index in [2.05, 4.69) is 18.2 Å². The lowest BCUT2D eigenvalue weighted by atomic mass is 9.95. The Hall–Kier alpha value is -2.44. The van der Waals surface area contributed by atoms with Crippen molar-refractivity contribution in [3.63, 3.8) is 0 Å². The van der Waals surface area contributed by atoms with E-state index in [4.69, 9.17) is 9.47 Å². The normalized spacial score (nSPS) is 19.2. The Morgan fingerprint density at radius 1 is 1.04 bits per heavy atom. The molecule has 124 valence electrons. The summed E-state index contributed by atoms with van der Waals surface area (Å²) in [5.41, 5.74) is 5.29. The van der Waals surface area contributed by atoms with Gasteiger partial charge in [-0.1, -0.05) is 6.07 Å². The molecule has 1 saturated heterocycles. The molecule has 2 aliphatic rings. The molecule has 0 amide bonds. The molecule has 1 aliphatic carbocycles. The fraction of sp³-hybridized carbons (Fsp3) is 0.333. The van der Waals surface area contributed by atoms with Crippen LogP contribution in [0, 0.1) is 10.1 Å². The van der Waals surface area contributed by atoms with Crippen molar-refractivity contribution in [2.45, 2.75) is 12.2 Å². The van der Waals surface area contributed by atoms with E-state index in [1.807, 2.05) is 25.1 Å². The van der Waals surface area contributed by atoms with Gasteiger partial charge in [-0.25, -0.2) is 0 Å². The Kier molecular flexibility index (Phi) is 3.51. The maximum atomic E-state index is 11.2. The molecule has 6 heteroatoms. The molecule has 6 nitrogen and oxygen atoms in total. The highest BCUT2D eigenvalue weighted by molar-refractivity contribution is 5.82. The van der Waals surface area contributed by atoms with E-state index in [0.29, 0.717) is 13.2 Å². The zero-order valence-electron chi connectivity index (χ0n) is 13.6. The van der Waals surface area contributed by atoms with Gasteiger partial charge in [0.2, 0.25) is 0 Å². The summed E-state index contributed by atoms with van der Waals surface area (Å²) in [6.07, 6.45) is -0.399. The number of hydrogen-bond donors (Lipinski definition) is 0. The summed E-state index contributed by atoms with van der Waals surface area (Å²) in [5, 5.41) is 11.2. The van der Waals surface area contributed by atoms with Crippen LogP contribution in [0.5, 0.6) is 0 Å². The van der Waals surface area contributed by atoms with E-state index in [0.717, 1.165) is 27.9 Å². The first-order valence-electron chi connectivity index (χ1n) is 7.89. The zero-order valence-corrected chi connectivity index (χ0v) is 13.6. The summed E-state index contributed by atoms with van der Waals surface area (Å²) >= 11 is 0. The monoisotopic (exact) mass is 326 g/mol. The van der Waals surface area contributed by atoms with Crippen LogP contribution in [-0.2, 0) is 9.47 Å². The molecule has 1 aliphatic heterocycles. The van der Waals surface area contributed by atoms with E-state index in [1.54, 1.807) is 12.1 Å². The minimum atomic E-state index is -0.399. The number of benzene rings is 2. The van der Waals surface area contributed by atoms with Crippen molar-refractivity contribution < 1.29 is 14.4 Å². The van der Waals surface area contributed by atoms with Gasteiger partial charge in [-0.05, 0) is 40.5 Å². The number of hydrogen-bond acceptors (Lipinski definition) is 5. The number of nitro groups is 1. The Bertz CT molecular complexity index is 813. The van der Waals surface area contributed by atoms with Crippen LogP contribution >= 0.6 is 0 Å². The summed E-state index contributed by atoms with van der Waals surface area (Å²) in [6.45, 7) is 1.10. The summed E-state index contributed by atoms with van der Waals surface area (Å²) in [7, 11) is 3.98. The van der Waals surface area contributed by atoms with Gasteiger partial charge in [0, 0.05) is 31.9 Å². The SMILES string of the molecule is CN(C)c1ccc2c(c1)C(C1OCCO1)c1cc([N+](=O)[O-])ccc1-2. The second-order valence-electron chi connectivity index (χ2n) is 6.28. The second kappa shape index (κ2) is 5.58. The van der Waals surface area contributed by atoms with Gasteiger partial charge in [0.25, 0.3) is 5.69 Å². The fourth-order valence-corrected chi connectivity index (χ4v) is 3.53. The van der Waals surface area contributed by atoms with Gasteiger partial charge in [-0.15, -0.1) is 0 Å². The fourth-order valence-electron chi connectivity index (χ4n) is 3.53. The molecule has 1 fully saturated rings. The lowest BCUT2D eigenvalue weighted by Gasteiger charge is -2.21. The maximum absolute atomic E-state index is 11.2. The molecular weight excluding hydrogens is 308 g/mol. The van der Waals surface area contributed by atoms with Crippen LogP contribution in [0.3, 0.4) is 0 Å². The number of nitro benzene ring substituents is 1. The molecule has 0 N–H and O–H groups in total. The topological polar surface area (TPSA) is 64.8 Å². The van der Waals surface area contributed by atoms with Crippen molar-refractivity contribution in [1.82, 2.24) is 0 Å². The smallest absolute Gasteiger partial charge is 0.269 e. The number of fused-ring (bicyclic) bond motifs is 3. The third kappa shape index (κ3) is 2.26. The third-order valence-electron chi connectivity index (χ3n) is 4.68. The van der Waals surface area contributed by atoms with Crippen LogP contribution in [0.1, 0.15) is 17.0 Å². The first kappa shape index (κ1) is 15.1. The molecular formula is C18H18N2O4. The van der Waals surface area contributed by atoms with Gasteiger partial charge in [-0.3, -0.25) is 10.1 Å². The Balaban J connectivity index is 1.90. The summed E-state index contributed by atoms with van der Waals surface area (Å²) in [6, 6.07) is 11.3. The van der Waals surface area contributed by atoms with Crippen LogP contribution < -0.4 is 4.90 Å². The standard InChI is InChI=1S/C18H18N2O4/c1-19(2)11-3-5-13-14-6-4-12(20(21)22)10-16(14)17(15(13)9-11)18-23-7-8-24-18/h3-6,9-10,17-18H,7-8H2,1-2H3. The van der Waals surface area contributed by atoms with Crippen LogP contribution in [0.25, 0.3) is 11.1 Å². The Labute approximate surface area is 139 Å². The van der Waals surface area contributed by atoms with Crippen molar-refractivity contribution in [3.8, 4) is 11.1 Å². The van der Waals surface area contributed by atoms with Crippen molar-refractivity contribution in [2.75, 3.05) is 32.2 Å². The number of anilines is 1. The maximum Gasteiger partial charge on any atom is 0.269 e. The Morgan fingerprint density at radius 2 is 1.67 bits per heavy atom. The summed E-state index contributed by atoms with van der Waals surface area (Å²) < 4.78 is 11.5. The Morgan fingerprint density at radius 3 is 2.29 bits per heavy atom. The predicted molar refractivity (Wildman–Crippen MR) is 90.4 cm³/mol. The number of non-ortho nitro benzene ring substituents is 1. The van der Waals surface area contributed by atoms with Crippen LogP contribution in [0.15, 0.2) is 36.4 Å². The summed E-state index contributed by atoms with van der Waals surface area (Å²) in [5.74, 6) is -0.141. The molecule has 1 unspecified atom stereocenters. The molecule has 24 heavy (non-hydrogen) atoms. The van der Waals surface area contributed by atoms with Gasteiger partial charge >= 0.3 is 0 Å². The molecule has 2 aromatic carbocycles. The number of rotatable bonds is 3. The average molecular weight is 326 g/mol. The average Bonchev–Trinajstić information content (AvgIpc) is 3.18. The van der Waals surface area contributed by atoms with Gasteiger partial charge in [-0.2, -0.15) is 0 Å². The molecule has 2 aromatic rings. The van der Waals surface area contributed by atoms with Crippen LogP contribution in [-0.4, -0.2) is 38.5 Å². The van der Waals surface area contributed by atoms with Crippen LogP contribution in [0.2, 0.25) is 0 Å². The molecule has 4 rings (SSSR count). The van der Waals surface area contributed by atoms with Crippen molar-refractivity contribution in [3.05, 3.63) is 57.6 Å². The molecule has 0 spiro atoms. The van der Waals surface area contributed by atoms with Gasteiger partial charge in [0.15, 0.2) is 6.29 Å². The van der Waals surface area contributed by atoms with E-state index < -0.39 is 6.29 Å². The van der Waals surface area contributed by atoms with Gasteiger partial charge < -0.3 is 14.4 Å². The quantitative estimate of drug-likeness (QED) is 0.640. The molecule has 0 radical (unpaired) electrons. The molecule has 0 aromatic heterocycles. The highest BCUT2D eigenvalue weighted by Gasteiger charge is 2.38. The molecule has 1 heterocycles. The highest BCUT2D eigenvalue weighted by atomic mass is 16.7. The summed E-state index contributed by atoms with van der Waals surface area (Å²) in [4.78, 5) is 12.9. The van der Waals surface area contributed by atoms with Crippen molar-refractivity contribution in [2.24, 2.45) is 0 Å². The van der Waals surface area contributed by atoms with Gasteiger partial charge in [0.1, 0.15) is 0 Å². The van der Waals surface area contributed by atoms with E-state index in [1.165, 1.54) is 0 Å². The second-order valence-corrected chi connectivity index (χ2v) is 6.28. The number of nitrogens with zero attached hydrogens (tertiary/aromatic N) is 2. The molecule has 0 bridgehead atoms. The lowest BCUT2D eigenvalue weighted by molar-refractivity contribution is -0.384.